The summed E-state index contributed by atoms with van der Waals surface area (Å²) in [5, 5.41) is 15.8. The average Bonchev–Trinajstić information content (AvgIpc) is 3.07. The maximum absolute atomic E-state index is 11.6. The molecular formula is C18H25N3O2. The van der Waals surface area contributed by atoms with Crippen LogP contribution >= 0.6 is 0 Å². The fourth-order valence-corrected chi connectivity index (χ4v) is 2.69. The van der Waals surface area contributed by atoms with E-state index in [0.29, 0.717) is 0 Å². The van der Waals surface area contributed by atoms with E-state index in [-0.39, 0.29) is 0 Å². The largest absolute Gasteiger partial charge is 0.289 e. The van der Waals surface area contributed by atoms with Gasteiger partial charge in [0.2, 0.25) is 0 Å². The fourth-order valence-electron chi connectivity index (χ4n) is 2.69. The molecule has 0 radical (unpaired) electrons. The summed E-state index contributed by atoms with van der Waals surface area (Å²) in [6.45, 7) is 3.96. The van der Waals surface area contributed by atoms with Crippen LogP contribution < -0.4 is 5.48 Å². The highest BCUT2D eigenvalue weighted by molar-refractivity contribution is 5.84. The average molecular weight is 315 g/mol. The highest BCUT2D eigenvalue weighted by atomic mass is 16.5. The van der Waals surface area contributed by atoms with Gasteiger partial charge < -0.3 is 0 Å². The van der Waals surface area contributed by atoms with Crippen molar-refractivity contribution in [2.45, 2.75) is 51.9 Å². The summed E-state index contributed by atoms with van der Waals surface area (Å²) in [5.41, 5.74) is 5.60. The zero-order chi connectivity index (χ0) is 16.7. The number of nitrogens with zero attached hydrogens (tertiary/aromatic N) is 1. The second-order valence-corrected chi connectivity index (χ2v) is 5.91. The van der Waals surface area contributed by atoms with Crippen LogP contribution in [0.1, 0.15) is 56.6 Å². The molecule has 5 nitrogen and oxygen atoms in total. The normalized spacial score (nSPS) is 12.1. The van der Waals surface area contributed by atoms with E-state index in [1.807, 2.05) is 0 Å². The molecule has 0 bridgehead atoms. The number of rotatable bonds is 8. The first-order valence-electron chi connectivity index (χ1n) is 8.23. The lowest BCUT2D eigenvalue weighted by Gasteiger charge is -2.10. The Balaban J connectivity index is 2.08. The lowest BCUT2D eigenvalue weighted by Crippen LogP contribution is -2.24. The molecule has 0 aliphatic rings. The molecule has 1 heterocycles. The molecular weight excluding hydrogens is 290 g/mol. The van der Waals surface area contributed by atoms with Crippen molar-refractivity contribution in [3.63, 3.8) is 0 Å². The van der Waals surface area contributed by atoms with Crippen LogP contribution in [0.15, 0.2) is 30.5 Å². The number of aromatic amines is 1. The van der Waals surface area contributed by atoms with Crippen molar-refractivity contribution in [3.8, 4) is 11.3 Å². The van der Waals surface area contributed by atoms with Gasteiger partial charge in [0.1, 0.15) is 0 Å². The topological polar surface area (TPSA) is 78.0 Å². The van der Waals surface area contributed by atoms with Crippen LogP contribution in [0.5, 0.6) is 0 Å². The van der Waals surface area contributed by atoms with Crippen LogP contribution in [0, 0.1) is 0 Å². The number of hydroxylamine groups is 1. The van der Waals surface area contributed by atoms with Crippen LogP contribution in [0.25, 0.3) is 11.3 Å². The lowest BCUT2D eigenvalue weighted by atomic mass is 9.96. The van der Waals surface area contributed by atoms with E-state index < -0.39 is 11.8 Å². The summed E-state index contributed by atoms with van der Waals surface area (Å²) in [5.74, 6) is -0.914. The van der Waals surface area contributed by atoms with Gasteiger partial charge in [-0.3, -0.25) is 15.1 Å². The molecule has 3 N–H and O–H groups in total. The van der Waals surface area contributed by atoms with Gasteiger partial charge in [-0.25, -0.2) is 5.48 Å². The monoisotopic (exact) mass is 315 g/mol. The first-order valence-corrected chi connectivity index (χ1v) is 8.23. The number of hydrogen-bond donors (Lipinski definition) is 3. The second-order valence-electron chi connectivity index (χ2n) is 5.91. The van der Waals surface area contributed by atoms with Gasteiger partial charge >= 0.3 is 0 Å². The molecule has 1 atom stereocenters. The molecule has 0 spiro atoms. The molecule has 2 rings (SSSR count). The van der Waals surface area contributed by atoms with Crippen LogP contribution in [-0.2, 0) is 11.2 Å². The van der Waals surface area contributed by atoms with E-state index in [1.54, 1.807) is 18.6 Å². The minimum absolute atomic E-state index is 0.444. The maximum atomic E-state index is 11.6. The molecule has 0 aliphatic heterocycles. The molecule has 2 aromatic rings. The number of unbranched alkanes of at least 4 members (excludes halogenated alkanes) is 3. The quantitative estimate of drug-likeness (QED) is 0.394. The third-order valence-corrected chi connectivity index (χ3v) is 4.20. The van der Waals surface area contributed by atoms with Crippen molar-refractivity contribution < 1.29 is 10.0 Å². The van der Waals surface area contributed by atoms with E-state index in [2.05, 4.69) is 41.4 Å². The lowest BCUT2D eigenvalue weighted by molar-refractivity contribution is -0.130. The fraction of sp³-hybridized carbons (Fsp3) is 0.444. The number of aromatic nitrogens is 2. The van der Waals surface area contributed by atoms with Crippen molar-refractivity contribution >= 4 is 5.91 Å². The second kappa shape index (κ2) is 8.48. The predicted molar refractivity (Wildman–Crippen MR) is 90.2 cm³/mol. The van der Waals surface area contributed by atoms with Gasteiger partial charge in [-0.15, -0.1) is 0 Å². The Morgan fingerprint density at radius 3 is 2.65 bits per heavy atom. The summed E-state index contributed by atoms with van der Waals surface area (Å²) in [6, 6.07) is 8.36. The zero-order valence-corrected chi connectivity index (χ0v) is 13.8. The molecule has 1 aromatic carbocycles. The number of nitrogens with one attached hydrogen (secondary N) is 2. The summed E-state index contributed by atoms with van der Waals surface area (Å²) >= 11 is 0. The minimum atomic E-state index is -0.470. The van der Waals surface area contributed by atoms with E-state index >= 15 is 0 Å². The van der Waals surface area contributed by atoms with Crippen LogP contribution in [0.2, 0.25) is 0 Å². The van der Waals surface area contributed by atoms with E-state index in [4.69, 9.17) is 5.21 Å². The summed E-state index contributed by atoms with van der Waals surface area (Å²) in [7, 11) is 0. The Labute approximate surface area is 137 Å². The number of hydrogen-bond acceptors (Lipinski definition) is 3. The van der Waals surface area contributed by atoms with Gasteiger partial charge in [-0.05, 0) is 30.9 Å². The molecule has 0 saturated carbocycles. The van der Waals surface area contributed by atoms with E-state index in [0.717, 1.165) is 23.2 Å². The Bertz CT molecular complexity index is 619. The Hall–Kier alpha value is -2.14. The third kappa shape index (κ3) is 4.42. The van der Waals surface area contributed by atoms with E-state index in [1.165, 1.54) is 31.2 Å². The van der Waals surface area contributed by atoms with Crippen LogP contribution in [0.3, 0.4) is 0 Å². The number of aryl methyl sites for hydroxylation is 1. The first-order chi connectivity index (χ1) is 11.2. The molecule has 1 aromatic heterocycles. The third-order valence-electron chi connectivity index (χ3n) is 4.20. The smallest absolute Gasteiger partial charge is 0.250 e. The highest BCUT2D eigenvalue weighted by Gasteiger charge is 2.20. The summed E-state index contributed by atoms with van der Waals surface area (Å²) in [6.07, 6.45) is 7.77. The van der Waals surface area contributed by atoms with Crippen molar-refractivity contribution in [2.75, 3.05) is 0 Å². The maximum Gasteiger partial charge on any atom is 0.250 e. The number of benzene rings is 1. The van der Waals surface area contributed by atoms with Crippen molar-refractivity contribution in [3.05, 3.63) is 41.6 Å². The number of amides is 1. The summed E-state index contributed by atoms with van der Waals surface area (Å²) < 4.78 is 0. The van der Waals surface area contributed by atoms with Gasteiger partial charge in [-0.1, -0.05) is 50.5 Å². The molecule has 0 saturated heterocycles. The highest BCUT2D eigenvalue weighted by Crippen LogP contribution is 2.27. The first kappa shape index (κ1) is 17.2. The van der Waals surface area contributed by atoms with Gasteiger partial charge in [0.05, 0.1) is 17.8 Å². The Kier molecular flexibility index (Phi) is 6.35. The van der Waals surface area contributed by atoms with Crippen molar-refractivity contribution in [1.82, 2.24) is 15.7 Å². The number of carbonyl (C=O) groups excluding carboxylic acids is 1. The minimum Gasteiger partial charge on any atom is -0.289 e. The van der Waals surface area contributed by atoms with Crippen LogP contribution in [-0.4, -0.2) is 21.3 Å². The molecule has 124 valence electrons. The van der Waals surface area contributed by atoms with Crippen LogP contribution in [0.4, 0.5) is 0 Å². The molecule has 5 heteroatoms. The van der Waals surface area contributed by atoms with Gasteiger partial charge in [0.25, 0.3) is 5.91 Å². The van der Waals surface area contributed by atoms with Gasteiger partial charge in [0, 0.05) is 5.56 Å². The molecule has 0 aliphatic carbocycles. The standard InChI is InChI=1S/C18H25N3O2/c1-3-4-5-6-7-14-8-10-15(11-9-14)17-16(12-19-20-17)13(2)18(22)21-23/h8-13,23H,3-7H2,1-2H3,(H,19,20)(H,21,22). The van der Waals surface area contributed by atoms with E-state index in [9.17, 15) is 4.79 Å². The summed E-state index contributed by atoms with van der Waals surface area (Å²) in [4.78, 5) is 11.6. The van der Waals surface area contributed by atoms with Crippen molar-refractivity contribution in [1.29, 1.82) is 0 Å². The Morgan fingerprint density at radius 2 is 2.00 bits per heavy atom. The molecule has 0 fully saturated rings. The SMILES string of the molecule is CCCCCCc1ccc(-c2[nH]ncc2C(C)C(=O)NO)cc1. The predicted octanol–water partition coefficient (Wildman–Crippen LogP) is 3.81. The molecule has 1 amide bonds. The number of H-pyrrole nitrogens is 1. The van der Waals surface area contributed by atoms with Gasteiger partial charge in [-0.2, -0.15) is 5.10 Å². The zero-order valence-electron chi connectivity index (χ0n) is 13.8. The molecule has 23 heavy (non-hydrogen) atoms. The van der Waals surface area contributed by atoms with Crippen molar-refractivity contribution in [2.24, 2.45) is 0 Å². The molecule has 1 unspecified atom stereocenters. The number of carbonyl (C=O) groups is 1. The Morgan fingerprint density at radius 1 is 1.26 bits per heavy atom. The van der Waals surface area contributed by atoms with Gasteiger partial charge in [0.15, 0.2) is 0 Å².